The molecule has 2 aromatic carbocycles. The van der Waals surface area contributed by atoms with E-state index in [2.05, 4.69) is 5.10 Å². The third-order valence-corrected chi connectivity index (χ3v) is 6.62. The number of halogens is 1. The first-order chi connectivity index (χ1) is 16.3. The van der Waals surface area contributed by atoms with Crippen LogP contribution in [0, 0.1) is 0 Å². The van der Waals surface area contributed by atoms with Crippen LogP contribution < -0.4 is 0 Å². The van der Waals surface area contributed by atoms with E-state index < -0.39 is 23.9 Å². The summed E-state index contributed by atoms with van der Waals surface area (Å²) in [4.78, 5) is 27.2. The van der Waals surface area contributed by atoms with Gasteiger partial charge in [-0.1, -0.05) is 42.8 Å². The van der Waals surface area contributed by atoms with Crippen molar-refractivity contribution in [3.63, 3.8) is 0 Å². The largest absolute Gasteiger partial charge is 0.382 e. The van der Waals surface area contributed by atoms with E-state index in [-0.39, 0.29) is 18.4 Å². The van der Waals surface area contributed by atoms with E-state index in [1.54, 1.807) is 23.0 Å². The Morgan fingerprint density at radius 1 is 1.12 bits per heavy atom. The fourth-order valence-electron chi connectivity index (χ4n) is 4.49. The van der Waals surface area contributed by atoms with Crippen LogP contribution in [0.25, 0.3) is 5.69 Å². The molecular formula is C26H28ClN3O4. The summed E-state index contributed by atoms with van der Waals surface area (Å²) in [5, 5.41) is 25.8. The minimum Gasteiger partial charge on any atom is -0.382 e. The van der Waals surface area contributed by atoms with Gasteiger partial charge < -0.3 is 15.1 Å². The number of nitrogens with zero attached hydrogens (tertiary/aromatic N) is 3. The molecule has 1 amide bonds. The number of carbonyl (C=O) groups is 2. The molecule has 1 fully saturated rings. The number of ketones is 1. The molecule has 8 heteroatoms. The van der Waals surface area contributed by atoms with Gasteiger partial charge in [-0.15, -0.1) is 0 Å². The van der Waals surface area contributed by atoms with Crippen LogP contribution in [0.5, 0.6) is 0 Å². The van der Waals surface area contributed by atoms with Crippen molar-refractivity contribution >= 4 is 23.3 Å². The van der Waals surface area contributed by atoms with Gasteiger partial charge in [0.1, 0.15) is 6.10 Å². The zero-order chi connectivity index (χ0) is 24.2. The van der Waals surface area contributed by atoms with Gasteiger partial charge in [-0.05, 0) is 60.2 Å². The maximum absolute atomic E-state index is 13.0. The number of Topliss-reactive ketones (excluding diaryl/α,β-unsaturated/α-hetero) is 1. The molecule has 0 saturated carbocycles. The number of rotatable bonds is 8. The van der Waals surface area contributed by atoms with Crippen LogP contribution in [0.15, 0.2) is 67.0 Å². The normalized spacial score (nSPS) is 18.5. The summed E-state index contributed by atoms with van der Waals surface area (Å²) in [5.74, 6) is -1.40. The van der Waals surface area contributed by atoms with Gasteiger partial charge in [-0.25, -0.2) is 4.68 Å². The van der Waals surface area contributed by atoms with Crippen LogP contribution in [-0.2, 0) is 9.59 Å². The number of aliphatic hydroxyl groups is 2. The average Bonchev–Trinajstić information content (AvgIpc) is 3.55. The van der Waals surface area contributed by atoms with Crippen LogP contribution in [0.1, 0.15) is 49.3 Å². The van der Waals surface area contributed by atoms with Crippen LogP contribution in [0.4, 0.5) is 0 Å². The second-order valence-electron chi connectivity index (χ2n) is 8.75. The van der Waals surface area contributed by atoms with Crippen LogP contribution >= 0.6 is 11.6 Å². The first-order valence-corrected chi connectivity index (χ1v) is 11.8. The molecule has 0 unspecified atom stereocenters. The predicted molar refractivity (Wildman–Crippen MR) is 129 cm³/mol. The highest BCUT2D eigenvalue weighted by Gasteiger charge is 2.38. The molecule has 1 aliphatic rings. The number of hydrogen-bond donors (Lipinski definition) is 2. The maximum Gasteiger partial charge on any atom is 0.255 e. The maximum atomic E-state index is 13.0. The van der Waals surface area contributed by atoms with Gasteiger partial charge in [0.05, 0.1) is 11.7 Å². The fraction of sp³-hybridized carbons (Fsp3) is 0.346. The van der Waals surface area contributed by atoms with Gasteiger partial charge >= 0.3 is 0 Å². The highest BCUT2D eigenvalue weighted by Crippen LogP contribution is 2.34. The van der Waals surface area contributed by atoms with Gasteiger partial charge in [0.15, 0.2) is 11.9 Å². The third kappa shape index (κ3) is 5.22. The van der Waals surface area contributed by atoms with Crippen molar-refractivity contribution in [3.05, 3.63) is 83.1 Å². The molecule has 34 heavy (non-hydrogen) atoms. The molecule has 1 aliphatic heterocycles. The molecule has 4 atom stereocenters. The van der Waals surface area contributed by atoms with Crippen molar-refractivity contribution in [2.75, 3.05) is 6.54 Å². The van der Waals surface area contributed by atoms with Gasteiger partial charge in [0, 0.05) is 30.4 Å². The monoisotopic (exact) mass is 481 g/mol. The number of aliphatic hydroxyl groups excluding tert-OH is 2. The van der Waals surface area contributed by atoms with Gasteiger partial charge in [-0.2, -0.15) is 5.10 Å². The second-order valence-corrected chi connectivity index (χ2v) is 9.18. The summed E-state index contributed by atoms with van der Waals surface area (Å²) in [7, 11) is 0. The van der Waals surface area contributed by atoms with Crippen LogP contribution in [-0.4, -0.2) is 55.3 Å². The molecule has 178 valence electrons. The summed E-state index contributed by atoms with van der Waals surface area (Å²) in [6.07, 6.45) is 1.46. The lowest BCUT2D eigenvalue weighted by Crippen LogP contribution is -2.47. The number of hydrogen-bond acceptors (Lipinski definition) is 5. The van der Waals surface area contributed by atoms with Crippen molar-refractivity contribution in [1.82, 2.24) is 14.7 Å². The third-order valence-electron chi connectivity index (χ3n) is 6.39. The molecule has 0 radical (unpaired) electrons. The Bertz CT molecular complexity index is 1130. The Morgan fingerprint density at radius 2 is 1.88 bits per heavy atom. The zero-order valence-corrected chi connectivity index (χ0v) is 19.7. The smallest absolute Gasteiger partial charge is 0.255 e. The van der Waals surface area contributed by atoms with E-state index in [0.717, 1.165) is 29.7 Å². The topological polar surface area (TPSA) is 95.7 Å². The molecule has 0 bridgehead atoms. The minimum atomic E-state index is -1.80. The summed E-state index contributed by atoms with van der Waals surface area (Å²) in [5.41, 5.74) is 2.68. The van der Waals surface area contributed by atoms with Crippen molar-refractivity contribution in [1.29, 1.82) is 0 Å². The number of aromatic nitrogens is 2. The Balaban J connectivity index is 1.38. The number of benzene rings is 2. The molecule has 4 rings (SSSR count). The lowest BCUT2D eigenvalue weighted by Gasteiger charge is -2.29. The molecule has 3 aromatic rings. The Hall–Kier alpha value is -3.00. The Morgan fingerprint density at radius 3 is 2.56 bits per heavy atom. The number of amides is 1. The molecule has 2 heterocycles. The molecule has 0 aliphatic carbocycles. The Labute approximate surface area is 203 Å². The van der Waals surface area contributed by atoms with Crippen molar-refractivity contribution in [2.24, 2.45) is 0 Å². The lowest BCUT2D eigenvalue weighted by molar-refractivity contribution is -0.153. The van der Waals surface area contributed by atoms with E-state index >= 15 is 0 Å². The molecule has 7 nitrogen and oxygen atoms in total. The molecule has 1 saturated heterocycles. The van der Waals surface area contributed by atoms with E-state index in [1.807, 2.05) is 55.6 Å². The van der Waals surface area contributed by atoms with E-state index in [1.165, 1.54) is 4.90 Å². The average molecular weight is 482 g/mol. The first kappa shape index (κ1) is 24.1. The van der Waals surface area contributed by atoms with Crippen molar-refractivity contribution < 1.29 is 19.8 Å². The highest BCUT2D eigenvalue weighted by atomic mass is 35.5. The minimum absolute atomic E-state index is 0.00431. The second kappa shape index (κ2) is 10.5. The predicted octanol–water partition coefficient (Wildman–Crippen LogP) is 3.67. The first-order valence-electron chi connectivity index (χ1n) is 11.4. The standard InChI is InChI=1S/C26H28ClN3O4/c1-17(18-8-10-21(11-9-18)30-14-4-12-28-30)15-23(31)24(32)25(33)26(34)29-13-3-7-22(29)19-5-2-6-20(27)16-19/h2,4-6,8-12,14,16-17,22,24-25,32-33H,3,7,13,15H2,1H3/t17-,22+,24-,25+/m0/s1. The fourth-order valence-corrected chi connectivity index (χ4v) is 4.69. The lowest BCUT2D eigenvalue weighted by atomic mass is 9.92. The highest BCUT2D eigenvalue weighted by molar-refractivity contribution is 6.30. The molecular weight excluding hydrogens is 454 g/mol. The summed E-state index contributed by atoms with van der Waals surface area (Å²) in [6, 6.07) is 16.5. The van der Waals surface area contributed by atoms with Crippen molar-refractivity contribution in [3.8, 4) is 5.69 Å². The zero-order valence-electron chi connectivity index (χ0n) is 18.9. The van der Waals surface area contributed by atoms with Crippen LogP contribution in [0.3, 0.4) is 0 Å². The van der Waals surface area contributed by atoms with Crippen LogP contribution in [0.2, 0.25) is 5.02 Å². The van der Waals surface area contributed by atoms with E-state index in [4.69, 9.17) is 11.6 Å². The van der Waals surface area contributed by atoms with Gasteiger partial charge in [0.2, 0.25) is 0 Å². The molecule has 0 spiro atoms. The van der Waals surface area contributed by atoms with Gasteiger partial charge in [-0.3, -0.25) is 9.59 Å². The SMILES string of the molecule is C[C@@H](CC(=O)[C@H](O)[C@@H](O)C(=O)N1CCC[C@@H]1c1cccc(Cl)c1)c1ccc(-n2cccn2)cc1. The molecule has 1 aromatic heterocycles. The summed E-state index contributed by atoms with van der Waals surface area (Å²) >= 11 is 6.10. The summed E-state index contributed by atoms with van der Waals surface area (Å²) < 4.78 is 1.74. The quantitative estimate of drug-likeness (QED) is 0.511. The molecule has 2 N–H and O–H groups in total. The number of carbonyl (C=O) groups excluding carboxylic acids is 2. The Kier molecular flexibility index (Phi) is 7.46. The summed E-state index contributed by atoms with van der Waals surface area (Å²) in [6.45, 7) is 2.32. The van der Waals surface area contributed by atoms with E-state index in [0.29, 0.717) is 11.6 Å². The van der Waals surface area contributed by atoms with Gasteiger partial charge in [0.25, 0.3) is 5.91 Å². The number of likely N-dealkylation sites (tertiary alicyclic amines) is 1. The van der Waals surface area contributed by atoms with E-state index in [9.17, 15) is 19.8 Å². The van der Waals surface area contributed by atoms with Crippen molar-refractivity contribution in [2.45, 2.75) is 50.4 Å².